The lowest BCUT2D eigenvalue weighted by Crippen LogP contribution is -2.19. The molecule has 0 spiro atoms. The second-order valence-electron chi connectivity index (χ2n) is 4.50. The Balaban J connectivity index is 1.94. The van der Waals surface area contributed by atoms with E-state index in [-0.39, 0.29) is 5.56 Å². The first-order chi connectivity index (χ1) is 9.78. The number of aromatic nitrogens is 2. The summed E-state index contributed by atoms with van der Waals surface area (Å²) in [7, 11) is 0. The van der Waals surface area contributed by atoms with Crippen LogP contribution in [0.2, 0.25) is 0 Å². The first kappa shape index (κ1) is 12.9. The predicted octanol–water partition coefficient (Wildman–Crippen LogP) is 2.94. The summed E-state index contributed by atoms with van der Waals surface area (Å²) >= 11 is 1.58. The fraction of sp³-hybridized carbons (Fsp3) is 0.200. The first-order valence-electron chi connectivity index (χ1n) is 6.54. The molecular formula is C15H15N3OS. The van der Waals surface area contributed by atoms with E-state index in [9.17, 15) is 4.79 Å². The Morgan fingerprint density at radius 2 is 2.15 bits per heavy atom. The van der Waals surface area contributed by atoms with Crippen LogP contribution in [0.15, 0.2) is 47.5 Å². The van der Waals surface area contributed by atoms with E-state index in [1.165, 1.54) is 0 Å². The van der Waals surface area contributed by atoms with Gasteiger partial charge in [0.1, 0.15) is 0 Å². The molecular weight excluding hydrogens is 270 g/mol. The van der Waals surface area contributed by atoms with Gasteiger partial charge >= 0.3 is 0 Å². The zero-order valence-corrected chi connectivity index (χ0v) is 12.0. The zero-order valence-electron chi connectivity index (χ0n) is 11.2. The second kappa shape index (κ2) is 5.46. The molecule has 3 rings (SSSR count). The highest BCUT2D eigenvalue weighted by Gasteiger charge is 2.05. The normalized spacial score (nSPS) is 10.8. The van der Waals surface area contributed by atoms with Crippen LogP contribution >= 0.6 is 11.3 Å². The van der Waals surface area contributed by atoms with E-state index >= 15 is 0 Å². The second-order valence-corrected chi connectivity index (χ2v) is 5.61. The minimum atomic E-state index is 0.0431. The van der Waals surface area contributed by atoms with Crippen molar-refractivity contribution in [2.75, 3.05) is 11.9 Å². The average Bonchev–Trinajstić information content (AvgIpc) is 2.90. The number of benzene rings is 1. The van der Waals surface area contributed by atoms with Gasteiger partial charge in [-0.1, -0.05) is 18.2 Å². The van der Waals surface area contributed by atoms with Crippen molar-refractivity contribution in [3.63, 3.8) is 0 Å². The van der Waals surface area contributed by atoms with Crippen LogP contribution in [0.3, 0.4) is 0 Å². The number of thiazole rings is 1. The molecule has 0 bridgehead atoms. The standard InChI is InChI=1S/C15H15N3OS/c1-2-16-15-17-9-12(20-15)10-18-8-7-11-5-3-4-6-13(11)14(18)19/h3-9H,2,10H2,1H3,(H,16,17). The highest BCUT2D eigenvalue weighted by atomic mass is 32.1. The number of anilines is 1. The minimum absolute atomic E-state index is 0.0431. The number of hydrogen-bond donors (Lipinski definition) is 1. The summed E-state index contributed by atoms with van der Waals surface area (Å²) in [5.41, 5.74) is 0.0431. The van der Waals surface area contributed by atoms with E-state index in [0.29, 0.717) is 6.54 Å². The van der Waals surface area contributed by atoms with E-state index < -0.39 is 0 Å². The van der Waals surface area contributed by atoms with Crippen LogP contribution in [-0.4, -0.2) is 16.1 Å². The SMILES string of the molecule is CCNc1ncc(Cn2ccc3ccccc3c2=O)s1. The first-order valence-corrected chi connectivity index (χ1v) is 7.36. The molecule has 2 aromatic heterocycles. The Kier molecular flexibility index (Phi) is 3.52. The zero-order chi connectivity index (χ0) is 13.9. The molecule has 4 nitrogen and oxygen atoms in total. The lowest BCUT2D eigenvalue weighted by molar-refractivity contribution is 0.777. The van der Waals surface area contributed by atoms with Crippen molar-refractivity contribution in [2.24, 2.45) is 0 Å². The van der Waals surface area contributed by atoms with E-state index in [1.807, 2.05) is 49.6 Å². The maximum absolute atomic E-state index is 12.4. The molecule has 0 amide bonds. The number of pyridine rings is 1. The number of nitrogens with zero attached hydrogens (tertiary/aromatic N) is 2. The summed E-state index contributed by atoms with van der Waals surface area (Å²) in [6.45, 7) is 3.45. The summed E-state index contributed by atoms with van der Waals surface area (Å²) in [5.74, 6) is 0. The maximum Gasteiger partial charge on any atom is 0.258 e. The lowest BCUT2D eigenvalue weighted by atomic mass is 10.2. The number of fused-ring (bicyclic) bond motifs is 1. The third-order valence-corrected chi connectivity index (χ3v) is 4.03. The van der Waals surface area contributed by atoms with Crippen molar-refractivity contribution >= 4 is 27.2 Å². The van der Waals surface area contributed by atoms with Crippen LogP contribution in [0.5, 0.6) is 0 Å². The van der Waals surface area contributed by atoms with Gasteiger partial charge in [-0.05, 0) is 24.4 Å². The molecule has 0 aliphatic heterocycles. The molecule has 2 heterocycles. The topological polar surface area (TPSA) is 46.9 Å². The van der Waals surface area contributed by atoms with E-state index in [2.05, 4.69) is 10.3 Å². The van der Waals surface area contributed by atoms with E-state index in [4.69, 9.17) is 0 Å². The smallest absolute Gasteiger partial charge is 0.258 e. The third kappa shape index (κ3) is 2.44. The predicted molar refractivity (Wildman–Crippen MR) is 83.6 cm³/mol. The molecule has 0 radical (unpaired) electrons. The van der Waals surface area contributed by atoms with Crippen molar-refractivity contribution in [3.8, 4) is 0 Å². The molecule has 20 heavy (non-hydrogen) atoms. The van der Waals surface area contributed by atoms with Gasteiger partial charge in [-0.25, -0.2) is 4.98 Å². The summed E-state index contributed by atoms with van der Waals surface area (Å²) in [5, 5.41) is 5.81. The van der Waals surface area contributed by atoms with Gasteiger partial charge in [0.25, 0.3) is 5.56 Å². The third-order valence-electron chi connectivity index (χ3n) is 3.09. The van der Waals surface area contributed by atoms with Gasteiger partial charge in [-0.15, -0.1) is 11.3 Å². The number of rotatable bonds is 4. The Morgan fingerprint density at radius 1 is 1.30 bits per heavy atom. The molecule has 1 aromatic carbocycles. The Morgan fingerprint density at radius 3 is 3.00 bits per heavy atom. The van der Waals surface area contributed by atoms with Crippen molar-refractivity contribution < 1.29 is 0 Å². The molecule has 0 aliphatic rings. The van der Waals surface area contributed by atoms with Crippen molar-refractivity contribution in [2.45, 2.75) is 13.5 Å². The molecule has 0 fully saturated rings. The summed E-state index contributed by atoms with van der Waals surface area (Å²) in [4.78, 5) is 17.8. The molecule has 0 atom stereocenters. The van der Waals surface area contributed by atoms with Gasteiger partial charge in [0.2, 0.25) is 0 Å². The fourth-order valence-corrected chi connectivity index (χ4v) is 3.02. The number of hydrogen-bond acceptors (Lipinski definition) is 4. The van der Waals surface area contributed by atoms with Gasteiger partial charge in [0.05, 0.1) is 6.54 Å². The van der Waals surface area contributed by atoms with Gasteiger partial charge < -0.3 is 9.88 Å². The largest absolute Gasteiger partial charge is 0.362 e. The summed E-state index contributed by atoms with van der Waals surface area (Å²) in [6.07, 6.45) is 3.67. The highest BCUT2D eigenvalue weighted by Crippen LogP contribution is 2.18. The van der Waals surface area contributed by atoms with Crippen LogP contribution in [0.4, 0.5) is 5.13 Å². The molecule has 5 heteroatoms. The van der Waals surface area contributed by atoms with Gasteiger partial charge in [0.15, 0.2) is 5.13 Å². The van der Waals surface area contributed by atoms with E-state index in [1.54, 1.807) is 15.9 Å². The van der Waals surface area contributed by atoms with Gasteiger partial charge in [0, 0.05) is 29.2 Å². The Bertz CT molecular complexity index is 791. The summed E-state index contributed by atoms with van der Waals surface area (Å²) < 4.78 is 1.73. The average molecular weight is 285 g/mol. The monoisotopic (exact) mass is 285 g/mol. The molecule has 1 N–H and O–H groups in total. The van der Waals surface area contributed by atoms with Crippen LogP contribution in [-0.2, 0) is 6.54 Å². The van der Waals surface area contributed by atoms with Crippen LogP contribution < -0.4 is 10.9 Å². The van der Waals surface area contributed by atoms with Gasteiger partial charge in [-0.2, -0.15) is 0 Å². The molecule has 102 valence electrons. The summed E-state index contributed by atoms with van der Waals surface area (Å²) in [6, 6.07) is 9.63. The quantitative estimate of drug-likeness (QED) is 0.801. The Labute approximate surface area is 120 Å². The van der Waals surface area contributed by atoms with Gasteiger partial charge in [-0.3, -0.25) is 4.79 Å². The lowest BCUT2D eigenvalue weighted by Gasteiger charge is -2.05. The van der Waals surface area contributed by atoms with E-state index in [0.717, 1.165) is 27.3 Å². The molecule has 0 saturated carbocycles. The highest BCUT2D eigenvalue weighted by molar-refractivity contribution is 7.15. The molecule has 0 saturated heterocycles. The maximum atomic E-state index is 12.4. The fourth-order valence-electron chi connectivity index (χ4n) is 2.14. The van der Waals surface area contributed by atoms with Crippen molar-refractivity contribution in [1.82, 2.24) is 9.55 Å². The Hall–Kier alpha value is -2.14. The number of nitrogens with one attached hydrogen (secondary N) is 1. The van der Waals surface area contributed by atoms with Crippen molar-refractivity contribution in [1.29, 1.82) is 0 Å². The van der Waals surface area contributed by atoms with Crippen LogP contribution in [0.25, 0.3) is 10.8 Å². The van der Waals surface area contributed by atoms with Crippen LogP contribution in [0, 0.1) is 0 Å². The van der Waals surface area contributed by atoms with Crippen molar-refractivity contribution in [3.05, 3.63) is 58.0 Å². The molecule has 0 aliphatic carbocycles. The minimum Gasteiger partial charge on any atom is -0.362 e. The van der Waals surface area contributed by atoms with Crippen LogP contribution in [0.1, 0.15) is 11.8 Å². The molecule has 0 unspecified atom stereocenters. The molecule has 3 aromatic rings.